The molecule has 0 amide bonds. The Morgan fingerprint density at radius 2 is 1.73 bits per heavy atom. The summed E-state index contributed by atoms with van der Waals surface area (Å²) in [5, 5.41) is 0. The SMILES string of the molecule is CCCCCCS(=O)(=O)O.[CaH2]. The van der Waals surface area contributed by atoms with Crippen molar-refractivity contribution < 1.29 is 13.0 Å². The van der Waals surface area contributed by atoms with Crippen molar-refractivity contribution in [3.63, 3.8) is 0 Å². The first-order valence-electron chi connectivity index (χ1n) is 3.51. The van der Waals surface area contributed by atoms with E-state index in [9.17, 15) is 8.42 Å². The van der Waals surface area contributed by atoms with Gasteiger partial charge < -0.3 is 0 Å². The molecule has 5 heteroatoms. The third kappa shape index (κ3) is 14.1. The predicted molar refractivity (Wildman–Crippen MR) is 49.1 cm³/mol. The van der Waals surface area contributed by atoms with Crippen LogP contribution >= 0.6 is 0 Å². The van der Waals surface area contributed by atoms with Crippen LogP contribution < -0.4 is 0 Å². The molecule has 0 aliphatic heterocycles. The Morgan fingerprint density at radius 3 is 2.09 bits per heavy atom. The van der Waals surface area contributed by atoms with Crippen molar-refractivity contribution in [2.75, 3.05) is 5.75 Å². The molecular weight excluding hydrogens is 192 g/mol. The van der Waals surface area contributed by atoms with Crippen molar-refractivity contribution in [3.05, 3.63) is 0 Å². The van der Waals surface area contributed by atoms with Gasteiger partial charge in [-0.15, -0.1) is 0 Å². The van der Waals surface area contributed by atoms with Gasteiger partial charge in [-0.25, -0.2) is 0 Å². The Labute approximate surface area is 98.3 Å². The van der Waals surface area contributed by atoms with Gasteiger partial charge in [0.25, 0.3) is 10.1 Å². The molecule has 0 heterocycles. The first kappa shape index (κ1) is 14.7. The zero-order valence-corrected chi connectivity index (χ0v) is 7.02. The molecular formula is C6H16CaO3S. The van der Waals surface area contributed by atoms with E-state index in [4.69, 9.17) is 4.55 Å². The molecule has 0 bridgehead atoms. The van der Waals surface area contributed by atoms with E-state index in [0.29, 0.717) is 6.42 Å². The number of unbranched alkanes of at least 4 members (excludes halogenated alkanes) is 3. The van der Waals surface area contributed by atoms with E-state index >= 15 is 0 Å². The van der Waals surface area contributed by atoms with Gasteiger partial charge >= 0.3 is 37.7 Å². The van der Waals surface area contributed by atoms with Gasteiger partial charge in [0, 0.05) is 0 Å². The average molecular weight is 208 g/mol. The Balaban J connectivity index is 0. The third-order valence-electron chi connectivity index (χ3n) is 1.26. The van der Waals surface area contributed by atoms with Crippen molar-refractivity contribution in [1.29, 1.82) is 0 Å². The molecule has 1 N–H and O–H groups in total. The van der Waals surface area contributed by atoms with Gasteiger partial charge in [-0.2, -0.15) is 8.42 Å². The van der Waals surface area contributed by atoms with Crippen molar-refractivity contribution in [3.8, 4) is 0 Å². The summed E-state index contributed by atoms with van der Waals surface area (Å²) >= 11 is 0. The van der Waals surface area contributed by atoms with Crippen LogP contribution in [0.1, 0.15) is 32.6 Å². The second-order valence-corrected chi connectivity index (χ2v) is 3.92. The fourth-order valence-corrected chi connectivity index (χ4v) is 1.28. The van der Waals surface area contributed by atoms with Crippen LogP contribution in [-0.4, -0.2) is 56.5 Å². The van der Waals surface area contributed by atoms with Crippen molar-refractivity contribution in [2.24, 2.45) is 0 Å². The van der Waals surface area contributed by atoms with Gasteiger partial charge in [-0.1, -0.05) is 26.2 Å². The summed E-state index contributed by atoms with van der Waals surface area (Å²) in [6.45, 7) is 2.05. The van der Waals surface area contributed by atoms with Gasteiger partial charge in [0.2, 0.25) is 0 Å². The number of hydrogen-bond donors (Lipinski definition) is 1. The molecule has 0 radical (unpaired) electrons. The van der Waals surface area contributed by atoms with E-state index in [-0.39, 0.29) is 43.5 Å². The van der Waals surface area contributed by atoms with Crippen LogP contribution in [0.3, 0.4) is 0 Å². The Morgan fingerprint density at radius 1 is 1.18 bits per heavy atom. The maximum absolute atomic E-state index is 10.1. The fraction of sp³-hybridized carbons (Fsp3) is 1.00. The van der Waals surface area contributed by atoms with E-state index in [2.05, 4.69) is 0 Å². The summed E-state index contributed by atoms with van der Waals surface area (Å²) in [7, 11) is -3.70. The average Bonchev–Trinajstić information content (AvgIpc) is 1.78. The third-order valence-corrected chi connectivity index (χ3v) is 2.06. The molecule has 0 aliphatic carbocycles. The molecule has 0 spiro atoms. The summed E-state index contributed by atoms with van der Waals surface area (Å²) in [5.41, 5.74) is 0. The zero-order valence-electron chi connectivity index (χ0n) is 6.21. The Bertz CT molecular complexity index is 165. The first-order valence-corrected chi connectivity index (χ1v) is 5.12. The van der Waals surface area contributed by atoms with E-state index in [1.165, 1.54) is 0 Å². The summed E-state index contributed by atoms with van der Waals surface area (Å²) in [5.74, 6) is -0.0903. The van der Waals surface area contributed by atoms with Crippen molar-refractivity contribution in [1.82, 2.24) is 0 Å². The minimum absolute atomic E-state index is 0. The number of rotatable bonds is 5. The molecule has 0 saturated carbocycles. The second-order valence-electron chi connectivity index (χ2n) is 2.35. The van der Waals surface area contributed by atoms with E-state index in [1.807, 2.05) is 6.92 Å². The molecule has 0 rings (SSSR count). The summed E-state index contributed by atoms with van der Waals surface area (Å²) in [6.07, 6.45) is 3.57. The first-order chi connectivity index (χ1) is 4.56. The van der Waals surface area contributed by atoms with E-state index in [0.717, 1.165) is 19.3 Å². The summed E-state index contributed by atoms with van der Waals surface area (Å²) < 4.78 is 28.6. The van der Waals surface area contributed by atoms with Gasteiger partial charge in [-0.05, 0) is 6.42 Å². The van der Waals surface area contributed by atoms with Crippen LogP contribution in [0, 0.1) is 0 Å². The van der Waals surface area contributed by atoms with E-state index in [1.54, 1.807) is 0 Å². The molecule has 0 aromatic heterocycles. The standard InChI is InChI=1S/C6H14O3S.Ca.2H/c1-2-3-4-5-6-10(7,8)9;;;/h2-6H2,1H3,(H,7,8,9);;;. The zero-order chi connectivity index (χ0) is 8.04. The van der Waals surface area contributed by atoms with Crippen LogP contribution in [0.2, 0.25) is 0 Å². The normalized spacial score (nSPS) is 10.7. The molecule has 0 saturated heterocycles. The Kier molecular flexibility index (Phi) is 10.4. The van der Waals surface area contributed by atoms with Crippen LogP contribution in [-0.2, 0) is 10.1 Å². The van der Waals surface area contributed by atoms with Crippen LogP contribution in [0.4, 0.5) is 0 Å². The number of hydrogen-bond acceptors (Lipinski definition) is 2. The molecule has 3 nitrogen and oxygen atoms in total. The maximum atomic E-state index is 10.1. The fourth-order valence-electron chi connectivity index (χ4n) is 0.711. The Hall–Kier alpha value is 1.17. The van der Waals surface area contributed by atoms with Crippen LogP contribution in [0.15, 0.2) is 0 Å². The quantitative estimate of drug-likeness (QED) is 0.407. The van der Waals surface area contributed by atoms with E-state index < -0.39 is 10.1 Å². The molecule has 66 valence electrons. The topological polar surface area (TPSA) is 54.4 Å². The monoisotopic (exact) mass is 208 g/mol. The molecule has 0 unspecified atom stereocenters. The molecule has 0 fully saturated rings. The molecule has 0 atom stereocenters. The molecule has 0 aromatic carbocycles. The second kappa shape index (κ2) is 7.80. The van der Waals surface area contributed by atoms with Gasteiger partial charge in [0.15, 0.2) is 0 Å². The summed E-state index contributed by atoms with van der Waals surface area (Å²) in [4.78, 5) is 0. The van der Waals surface area contributed by atoms with Gasteiger partial charge in [-0.3, -0.25) is 4.55 Å². The molecule has 11 heavy (non-hydrogen) atoms. The minimum atomic E-state index is -3.70. The van der Waals surface area contributed by atoms with Crippen molar-refractivity contribution >= 4 is 47.9 Å². The summed E-state index contributed by atoms with van der Waals surface area (Å²) in [6, 6.07) is 0. The van der Waals surface area contributed by atoms with Gasteiger partial charge in [0.1, 0.15) is 0 Å². The predicted octanol–water partition coefficient (Wildman–Crippen LogP) is 0.538. The van der Waals surface area contributed by atoms with Crippen molar-refractivity contribution in [2.45, 2.75) is 32.6 Å². The van der Waals surface area contributed by atoms with Crippen LogP contribution in [0.25, 0.3) is 0 Å². The molecule has 0 aromatic rings. The van der Waals surface area contributed by atoms with Gasteiger partial charge in [0.05, 0.1) is 5.75 Å². The molecule has 0 aliphatic rings. The van der Waals surface area contributed by atoms with Crippen LogP contribution in [0.5, 0.6) is 0 Å².